The molecule has 7 heteroatoms. The highest BCUT2D eigenvalue weighted by Gasteiger charge is 2.31. The van der Waals surface area contributed by atoms with Crippen molar-refractivity contribution in [3.05, 3.63) is 24.4 Å². The van der Waals surface area contributed by atoms with Gasteiger partial charge < -0.3 is 21.1 Å². The highest BCUT2D eigenvalue weighted by Crippen LogP contribution is 2.19. The third-order valence-corrected chi connectivity index (χ3v) is 3.19. The van der Waals surface area contributed by atoms with Crippen LogP contribution in [0.5, 0.6) is 0 Å². The summed E-state index contributed by atoms with van der Waals surface area (Å²) in [6.07, 6.45) is 11.4. The number of ether oxygens (including phenoxy) is 1. The molecule has 0 aliphatic rings. The molecule has 0 bridgehead atoms. The van der Waals surface area contributed by atoms with Crippen molar-refractivity contribution in [1.82, 2.24) is 10.6 Å². The average molecular weight is 349 g/mol. The van der Waals surface area contributed by atoms with Crippen molar-refractivity contribution >= 4 is 17.9 Å². The maximum Gasteiger partial charge on any atom is 0.404 e. The van der Waals surface area contributed by atoms with Gasteiger partial charge in [-0.1, -0.05) is 39.0 Å². The number of terminal acetylenes is 1. The Kier molecular flexibility index (Phi) is 9.72. The summed E-state index contributed by atoms with van der Waals surface area (Å²) in [6.45, 7) is 7.29. The first-order chi connectivity index (χ1) is 11.6. The topological polar surface area (TPSA) is 111 Å². The summed E-state index contributed by atoms with van der Waals surface area (Å²) in [5.41, 5.74) is 4.51. The second-order valence-electron chi connectivity index (χ2n) is 6.43. The number of hydrogen-bond donors (Lipinski definition) is 3. The van der Waals surface area contributed by atoms with Gasteiger partial charge in [0.25, 0.3) is 5.91 Å². The normalized spacial score (nSPS) is 13.9. The van der Waals surface area contributed by atoms with Crippen LogP contribution in [0.3, 0.4) is 0 Å². The minimum atomic E-state index is -0.850. The van der Waals surface area contributed by atoms with E-state index < -0.39 is 35.5 Å². The van der Waals surface area contributed by atoms with Crippen molar-refractivity contribution in [3.63, 3.8) is 0 Å². The van der Waals surface area contributed by atoms with E-state index in [1.165, 1.54) is 6.20 Å². The largest absolute Gasteiger partial charge is 0.446 e. The highest BCUT2D eigenvalue weighted by molar-refractivity contribution is 5.97. The number of rotatable bonds is 8. The van der Waals surface area contributed by atoms with Crippen molar-refractivity contribution in [2.24, 2.45) is 11.1 Å². The molecule has 0 aromatic rings. The molecule has 0 fully saturated rings. The van der Waals surface area contributed by atoms with Crippen LogP contribution in [-0.4, -0.2) is 30.1 Å². The quantitative estimate of drug-likeness (QED) is 0.456. The van der Waals surface area contributed by atoms with E-state index in [0.717, 1.165) is 0 Å². The molecule has 2 atom stereocenters. The van der Waals surface area contributed by atoms with Gasteiger partial charge in [0.15, 0.2) is 0 Å². The van der Waals surface area contributed by atoms with Gasteiger partial charge in [0, 0.05) is 12.8 Å². The number of nitrogens with two attached hydrogens (primary N) is 1. The fraction of sp³-hybridized carbons (Fsp3) is 0.500. The Balaban J connectivity index is 4.75. The number of amides is 3. The zero-order valence-electron chi connectivity index (χ0n) is 15.2. The smallest absolute Gasteiger partial charge is 0.404 e. The van der Waals surface area contributed by atoms with Crippen LogP contribution in [0.4, 0.5) is 4.79 Å². The predicted octanol–water partition coefficient (Wildman–Crippen LogP) is 1.60. The summed E-state index contributed by atoms with van der Waals surface area (Å²) < 4.78 is 4.97. The zero-order valence-corrected chi connectivity index (χ0v) is 15.2. The van der Waals surface area contributed by atoms with Crippen LogP contribution >= 0.6 is 0 Å². The summed E-state index contributed by atoms with van der Waals surface area (Å²) in [5.74, 6) is 0.880. The van der Waals surface area contributed by atoms with Gasteiger partial charge in [-0.2, -0.15) is 0 Å². The number of carbonyl (C=O) groups is 3. The van der Waals surface area contributed by atoms with Crippen LogP contribution in [0.25, 0.3) is 0 Å². The molecule has 25 heavy (non-hydrogen) atoms. The van der Waals surface area contributed by atoms with Crippen molar-refractivity contribution in [1.29, 1.82) is 0 Å². The molecule has 0 aliphatic carbocycles. The monoisotopic (exact) mass is 349 g/mol. The van der Waals surface area contributed by atoms with Crippen molar-refractivity contribution in [2.45, 2.75) is 52.7 Å². The van der Waals surface area contributed by atoms with Gasteiger partial charge in [-0.05, 0) is 24.5 Å². The highest BCUT2D eigenvalue weighted by atomic mass is 16.6. The molecule has 7 nitrogen and oxygen atoms in total. The third kappa shape index (κ3) is 9.87. The van der Waals surface area contributed by atoms with Crippen LogP contribution in [0.1, 0.15) is 40.5 Å². The molecule has 0 heterocycles. The van der Waals surface area contributed by atoms with E-state index in [4.69, 9.17) is 16.9 Å². The molecule has 0 aromatic heterocycles. The minimum absolute atomic E-state index is 0.379. The van der Waals surface area contributed by atoms with Gasteiger partial charge in [-0.3, -0.25) is 9.59 Å². The van der Waals surface area contributed by atoms with E-state index in [-0.39, 0.29) is 0 Å². The van der Waals surface area contributed by atoms with Gasteiger partial charge in [-0.15, -0.1) is 6.42 Å². The standard InChI is InChI=1S/C18H27N3O4/c1-6-8-10-13(25-17(19)24)11-9-12-20-16(23)15(18(3,4)5)21-14(22)7-2/h2,6,8-9,12-13,15H,10-11H2,1,3-5H3,(H2,19,24)(H,20,23)(H,21,22)/b8-6-,12-9-/t13-,15+/m0/s1. The fourth-order valence-corrected chi connectivity index (χ4v) is 1.94. The van der Waals surface area contributed by atoms with E-state index in [0.29, 0.717) is 12.8 Å². The molecule has 0 radical (unpaired) electrons. The Hall–Kier alpha value is -2.75. The molecule has 0 aliphatic heterocycles. The predicted molar refractivity (Wildman–Crippen MR) is 96.0 cm³/mol. The molecular weight excluding hydrogens is 322 g/mol. The Morgan fingerprint density at radius 2 is 1.84 bits per heavy atom. The van der Waals surface area contributed by atoms with Crippen molar-refractivity contribution in [2.75, 3.05) is 0 Å². The van der Waals surface area contributed by atoms with E-state index in [2.05, 4.69) is 10.6 Å². The fourth-order valence-electron chi connectivity index (χ4n) is 1.94. The van der Waals surface area contributed by atoms with Crippen LogP contribution in [0.2, 0.25) is 0 Å². The first-order valence-corrected chi connectivity index (χ1v) is 7.91. The first kappa shape index (κ1) is 22.2. The molecule has 0 spiro atoms. The third-order valence-electron chi connectivity index (χ3n) is 3.19. The molecule has 3 amide bonds. The van der Waals surface area contributed by atoms with Crippen LogP contribution in [0.15, 0.2) is 24.4 Å². The average Bonchev–Trinajstić information content (AvgIpc) is 2.51. The van der Waals surface area contributed by atoms with Gasteiger partial charge in [0.1, 0.15) is 12.1 Å². The Morgan fingerprint density at radius 3 is 2.32 bits per heavy atom. The number of allylic oxidation sites excluding steroid dienone is 1. The van der Waals surface area contributed by atoms with Gasteiger partial charge in [0.2, 0.25) is 5.91 Å². The molecule has 0 saturated heterocycles. The lowest BCUT2D eigenvalue weighted by atomic mass is 9.86. The SMILES string of the molecule is C#CC(=O)N[C@H](C(=O)N/C=C\C[C@H](C/C=C\C)OC(N)=O)C(C)(C)C. The lowest BCUT2D eigenvalue weighted by Crippen LogP contribution is -2.52. The molecule has 0 aromatic carbocycles. The minimum Gasteiger partial charge on any atom is -0.446 e. The lowest BCUT2D eigenvalue weighted by molar-refractivity contribution is -0.128. The lowest BCUT2D eigenvalue weighted by Gasteiger charge is -2.29. The second-order valence-corrected chi connectivity index (χ2v) is 6.43. The summed E-state index contributed by atoms with van der Waals surface area (Å²) in [5, 5.41) is 5.09. The molecule has 0 unspecified atom stereocenters. The summed E-state index contributed by atoms with van der Waals surface area (Å²) >= 11 is 0. The number of primary amides is 1. The van der Waals surface area contributed by atoms with Gasteiger partial charge in [0.05, 0.1) is 0 Å². The molecule has 4 N–H and O–H groups in total. The van der Waals surface area contributed by atoms with E-state index in [9.17, 15) is 14.4 Å². The van der Waals surface area contributed by atoms with Crippen LogP contribution in [-0.2, 0) is 14.3 Å². The van der Waals surface area contributed by atoms with Gasteiger partial charge >= 0.3 is 6.09 Å². The van der Waals surface area contributed by atoms with Crippen LogP contribution < -0.4 is 16.4 Å². The maximum absolute atomic E-state index is 12.3. The second kappa shape index (κ2) is 10.9. The molecule has 0 saturated carbocycles. The van der Waals surface area contributed by atoms with E-state index >= 15 is 0 Å². The molecule has 0 rings (SSSR count). The van der Waals surface area contributed by atoms with E-state index in [1.54, 1.807) is 6.08 Å². The summed E-state index contributed by atoms with van der Waals surface area (Å²) in [7, 11) is 0. The van der Waals surface area contributed by atoms with E-state index in [1.807, 2.05) is 45.8 Å². The number of hydrogen-bond acceptors (Lipinski definition) is 4. The molecular formula is C18H27N3O4. The molecule has 138 valence electrons. The first-order valence-electron chi connectivity index (χ1n) is 7.91. The summed E-state index contributed by atoms with van der Waals surface area (Å²) in [4.78, 5) is 34.5. The maximum atomic E-state index is 12.3. The van der Waals surface area contributed by atoms with Crippen molar-refractivity contribution in [3.8, 4) is 12.3 Å². The van der Waals surface area contributed by atoms with Crippen molar-refractivity contribution < 1.29 is 19.1 Å². The van der Waals surface area contributed by atoms with Gasteiger partial charge in [-0.25, -0.2) is 4.79 Å². The Labute approximate surface area is 149 Å². The Bertz CT molecular complexity index is 568. The number of carbonyl (C=O) groups excluding carboxylic acids is 3. The number of nitrogens with one attached hydrogen (secondary N) is 2. The van der Waals surface area contributed by atoms with Crippen LogP contribution in [0, 0.1) is 17.8 Å². The Morgan fingerprint density at radius 1 is 1.24 bits per heavy atom. The summed E-state index contributed by atoms with van der Waals surface area (Å²) in [6, 6.07) is -0.790. The zero-order chi connectivity index (χ0) is 19.5.